The van der Waals surface area contributed by atoms with Gasteiger partial charge in [0.25, 0.3) is 0 Å². The van der Waals surface area contributed by atoms with Crippen LogP contribution < -0.4 is 14.8 Å². The predicted molar refractivity (Wildman–Crippen MR) is 105 cm³/mol. The van der Waals surface area contributed by atoms with Crippen molar-refractivity contribution >= 4 is 15.8 Å². The van der Waals surface area contributed by atoms with Gasteiger partial charge in [-0.15, -0.1) is 10.2 Å². The Bertz CT molecular complexity index is 1050. The van der Waals surface area contributed by atoms with Gasteiger partial charge in [-0.1, -0.05) is 6.07 Å². The molecular formula is C18H22N6O3S. The van der Waals surface area contributed by atoms with Crippen LogP contribution >= 0.6 is 0 Å². The van der Waals surface area contributed by atoms with Crippen LogP contribution in [0.1, 0.15) is 11.3 Å². The molecule has 9 nitrogen and oxygen atoms in total. The summed E-state index contributed by atoms with van der Waals surface area (Å²) in [4.78, 5) is 0.119. The van der Waals surface area contributed by atoms with E-state index in [2.05, 4.69) is 25.3 Å². The lowest BCUT2D eigenvalue weighted by molar-refractivity contribution is 0.402. The van der Waals surface area contributed by atoms with Gasteiger partial charge in [0.15, 0.2) is 5.82 Å². The number of ether oxygens (including phenoxy) is 1. The number of methoxy groups -OCH3 is 1. The Kier molecular flexibility index (Phi) is 5.90. The zero-order valence-corrected chi connectivity index (χ0v) is 16.7. The standard InChI is InChI=1S/C18H22N6O3S/c1-13-4-5-15(27-3)16(12-13)28(25,26)20-10-9-19-17-6-7-18(22-21-17)24-11-8-14(2)23-24/h4-8,11-12,20H,9-10H2,1-3H3,(H,19,21). The maximum Gasteiger partial charge on any atom is 0.244 e. The molecule has 0 fully saturated rings. The first-order chi connectivity index (χ1) is 13.4. The number of sulfonamides is 1. The van der Waals surface area contributed by atoms with E-state index in [9.17, 15) is 8.42 Å². The van der Waals surface area contributed by atoms with Crippen LogP contribution in [0.3, 0.4) is 0 Å². The minimum Gasteiger partial charge on any atom is -0.495 e. The molecule has 0 bridgehead atoms. The maximum absolute atomic E-state index is 12.5. The lowest BCUT2D eigenvalue weighted by Gasteiger charge is -2.12. The quantitative estimate of drug-likeness (QED) is 0.552. The van der Waals surface area contributed by atoms with Gasteiger partial charge in [0.2, 0.25) is 10.0 Å². The molecule has 0 saturated heterocycles. The Balaban J connectivity index is 1.56. The SMILES string of the molecule is COc1ccc(C)cc1S(=O)(=O)NCCNc1ccc(-n2ccc(C)n2)nn1. The van der Waals surface area contributed by atoms with E-state index in [1.165, 1.54) is 7.11 Å². The van der Waals surface area contributed by atoms with Crippen LogP contribution in [0.15, 0.2) is 47.5 Å². The fourth-order valence-corrected chi connectivity index (χ4v) is 3.82. The maximum atomic E-state index is 12.5. The summed E-state index contributed by atoms with van der Waals surface area (Å²) in [5.41, 5.74) is 1.73. The van der Waals surface area contributed by atoms with E-state index in [0.717, 1.165) is 11.3 Å². The molecule has 0 amide bonds. The van der Waals surface area contributed by atoms with Crippen LogP contribution in [-0.2, 0) is 10.0 Å². The van der Waals surface area contributed by atoms with Crippen LogP contribution in [0.5, 0.6) is 5.75 Å². The molecule has 3 rings (SSSR count). The van der Waals surface area contributed by atoms with Crippen LogP contribution in [0.4, 0.5) is 5.82 Å². The molecular weight excluding hydrogens is 380 g/mol. The summed E-state index contributed by atoms with van der Waals surface area (Å²) < 4.78 is 34.4. The summed E-state index contributed by atoms with van der Waals surface area (Å²) in [6, 6.07) is 10.4. The van der Waals surface area contributed by atoms with Crippen molar-refractivity contribution < 1.29 is 13.2 Å². The van der Waals surface area contributed by atoms with Crippen molar-refractivity contribution in [1.29, 1.82) is 0 Å². The van der Waals surface area contributed by atoms with Crippen molar-refractivity contribution in [1.82, 2.24) is 24.7 Å². The zero-order chi connectivity index (χ0) is 20.1. The molecule has 2 N–H and O–H groups in total. The number of hydrogen-bond acceptors (Lipinski definition) is 7. The summed E-state index contributed by atoms with van der Waals surface area (Å²) >= 11 is 0. The van der Waals surface area contributed by atoms with Crippen molar-refractivity contribution in [3.8, 4) is 11.6 Å². The monoisotopic (exact) mass is 402 g/mol. The van der Waals surface area contributed by atoms with E-state index in [4.69, 9.17) is 4.74 Å². The van der Waals surface area contributed by atoms with Gasteiger partial charge in [-0.25, -0.2) is 17.8 Å². The molecule has 0 aliphatic carbocycles. The molecule has 0 unspecified atom stereocenters. The normalized spacial score (nSPS) is 11.4. The third-order valence-corrected chi connectivity index (χ3v) is 5.42. The smallest absolute Gasteiger partial charge is 0.244 e. The Morgan fingerprint density at radius 1 is 1.07 bits per heavy atom. The van der Waals surface area contributed by atoms with E-state index in [1.807, 2.05) is 19.9 Å². The second-order valence-electron chi connectivity index (χ2n) is 6.16. The molecule has 148 valence electrons. The number of aryl methyl sites for hydroxylation is 2. The molecule has 1 aromatic carbocycles. The van der Waals surface area contributed by atoms with Crippen LogP contribution in [0.25, 0.3) is 5.82 Å². The Hall–Kier alpha value is -2.98. The van der Waals surface area contributed by atoms with E-state index < -0.39 is 10.0 Å². The highest BCUT2D eigenvalue weighted by Crippen LogP contribution is 2.24. The number of hydrogen-bond donors (Lipinski definition) is 2. The minimum absolute atomic E-state index is 0.119. The molecule has 0 spiro atoms. The number of benzene rings is 1. The molecule has 2 heterocycles. The summed E-state index contributed by atoms with van der Waals surface area (Å²) in [7, 11) is -2.24. The average Bonchev–Trinajstić information content (AvgIpc) is 3.12. The summed E-state index contributed by atoms with van der Waals surface area (Å²) in [6.45, 7) is 4.25. The summed E-state index contributed by atoms with van der Waals surface area (Å²) in [6.07, 6.45) is 1.81. The van der Waals surface area contributed by atoms with E-state index >= 15 is 0 Å². The highest BCUT2D eigenvalue weighted by atomic mass is 32.2. The zero-order valence-electron chi connectivity index (χ0n) is 15.9. The first kappa shape index (κ1) is 19.8. The lowest BCUT2D eigenvalue weighted by Crippen LogP contribution is -2.29. The molecule has 3 aromatic rings. The molecule has 0 aliphatic heterocycles. The van der Waals surface area contributed by atoms with Crippen molar-refractivity contribution in [2.45, 2.75) is 18.7 Å². The minimum atomic E-state index is -3.68. The molecule has 0 aliphatic rings. The highest BCUT2D eigenvalue weighted by Gasteiger charge is 2.19. The van der Waals surface area contributed by atoms with Gasteiger partial charge in [0, 0.05) is 19.3 Å². The van der Waals surface area contributed by atoms with Crippen molar-refractivity contribution in [2.24, 2.45) is 0 Å². The van der Waals surface area contributed by atoms with Gasteiger partial charge in [-0.2, -0.15) is 5.10 Å². The number of nitrogens with zero attached hydrogens (tertiary/aromatic N) is 4. The molecule has 10 heteroatoms. The summed E-state index contributed by atoms with van der Waals surface area (Å²) in [5.74, 6) is 1.45. The van der Waals surface area contributed by atoms with Gasteiger partial charge in [-0.05, 0) is 49.7 Å². The van der Waals surface area contributed by atoms with Gasteiger partial charge in [0.1, 0.15) is 16.5 Å². The van der Waals surface area contributed by atoms with E-state index in [0.29, 0.717) is 23.9 Å². The molecule has 2 aromatic heterocycles. The third-order valence-electron chi connectivity index (χ3n) is 3.94. The van der Waals surface area contributed by atoms with Crippen LogP contribution in [0.2, 0.25) is 0 Å². The highest BCUT2D eigenvalue weighted by molar-refractivity contribution is 7.89. The predicted octanol–water partition coefficient (Wildman–Crippen LogP) is 1.68. The average molecular weight is 402 g/mol. The van der Waals surface area contributed by atoms with Crippen LogP contribution in [0, 0.1) is 13.8 Å². The fraction of sp³-hybridized carbons (Fsp3) is 0.278. The van der Waals surface area contributed by atoms with Crippen molar-refractivity contribution in [2.75, 3.05) is 25.5 Å². The van der Waals surface area contributed by atoms with Gasteiger partial charge in [0.05, 0.1) is 12.8 Å². The second kappa shape index (κ2) is 8.36. The van der Waals surface area contributed by atoms with E-state index in [-0.39, 0.29) is 11.4 Å². The van der Waals surface area contributed by atoms with Gasteiger partial charge >= 0.3 is 0 Å². The number of rotatable bonds is 8. The topological polar surface area (TPSA) is 111 Å². The molecule has 0 saturated carbocycles. The van der Waals surface area contributed by atoms with Crippen LogP contribution in [-0.4, -0.2) is 48.6 Å². The lowest BCUT2D eigenvalue weighted by atomic mass is 10.2. The molecule has 28 heavy (non-hydrogen) atoms. The molecule has 0 atom stereocenters. The second-order valence-corrected chi connectivity index (χ2v) is 7.89. The Morgan fingerprint density at radius 3 is 2.54 bits per heavy atom. The first-order valence-electron chi connectivity index (χ1n) is 8.63. The Morgan fingerprint density at radius 2 is 1.89 bits per heavy atom. The van der Waals surface area contributed by atoms with Gasteiger partial charge < -0.3 is 10.1 Å². The van der Waals surface area contributed by atoms with Gasteiger partial charge in [-0.3, -0.25) is 0 Å². The number of nitrogens with one attached hydrogen (secondary N) is 2. The van der Waals surface area contributed by atoms with Crippen molar-refractivity contribution in [3.05, 3.63) is 53.9 Å². The summed E-state index contributed by atoms with van der Waals surface area (Å²) in [5, 5.41) is 15.5. The first-order valence-corrected chi connectivity index (χ1v) is 10.1. The van der Waals surface area contributed by atoms with Crippen molar-refractivity contribution in [3.63, 3.8) is 0 Å². The molecule has 0 radical (unpaired) electrons. The number of anilines is 1. The van der Waals surface area contributed by atoms with E-state index in [1.54, 1.807) is 41.2 Å². The third kappa shape index (κ3) is 4.65. The largest absolute Gasteiger partial charge is 0.495 e. The fourth-order valence-electron chi connectivity index (χ4n) is 2.53. The number of aromatic nitrogens is 4. The Labute approximate surface area is 163 Å².